The lowest BCUT2D eigenvalue weighted by Crippen LogP contribution is -2.26. The van der Waals surface area contributed by atoms with Crippen molar-refractivity contribution in [3.05, 3.63) is 63.1 Å². The Bertz CT molecular complexity index is 660. The molecule has 0 spiro atoms. The first-order valence-corrected chi connectivity index (χ1v) is 7.52. The molecule has 0 atom stereocenters. The number of carbonyl (C=O) groups excluding carboxylic acids is 1. The molecule has 2 aromatic carbocycles. The summed E-state index contributed by atoms with van der Waals surface area (Å²) in [6.45, 7) is 0.489. The van der Waals surface area contributed by atoms with E-state index >= 15 is 0 Å². The molecule has 1 amide bonds. The summed E-state index contributed by atoms with van der Waals surface area (Å²) in [4.78, 5) is 14.2. The summed E-state index contributed by atoms with van der Waals surface area (Å²) >= 11 is 9.36. The highest BCUT2D eigenvalue weighted by Gasteiger charge is 2.16. The first kappa shape index (κ1) is 15.9. The van der Waals surface area contributed by atoms with E-state index in [9.17, 15) is 4.79 Å². The average Bonchev–Trinajstić information content (AvgIpc) is 2.47. The van der Waals surface area contributed by atoms with Crippen molar-refractivity contribution < 1.29 is 9.53 Å². The van der Waals surface area contributed by atoms with E-state index in [-0.39, 0.29) is 5.91 Å². The van der Waals surface area contributed by atoms with Crippen LogP contribution < -0.4 is 4.74 Å². The summed E-state index contributed by atoms with van der Waals surface area (Å²) in [5.41, 5.74) is 1.55. The van der Waals surface area contributed by atoms with Crippen molar-refractivity contribution in [1.29, 1.82) is 0 Å². The number of halogens is 2. The van der Waals surface area contributed by atoms with Gasteiger partial charge in [0.25, 0.3) is 5.91 Å². The fourth-order valence-corrected chi connectivity index (χ4v) is 2.61. The van der Waals surface area contributed by atoms with Gasteiger partial charge in [0.1, 0.15) is 5.75 Å². The van der Waals surface area contributed by atoms with Crippen molar-refractivity contribution in [3.63, 3.8) is 0 Å². The first-order valence-electron chi connectivity index (χ1n) is 6.34. The molecule has 2 aromatic rings. The van der Waals surface area contributed by atoms with Crippen LogP contribution in [-0.2, 0) is 6.54 Å². The third kappa shape index (κ3) is 3.99. The minimum Gasteiger partial charge on any atom is -0.497 e. The Morgan fingerprint density at radius 3 is 2.71 bits per heavy atom. The molecule has 110 valence electrons. The normalized spacial score (nSPS) is 10.3. The number of rotatable bonds is 4. The maximum absolute atomic E-state index is 12.5. The van der Waals surface area contributed by atoms with Crippen molar-refractivity contribution in [1.82, 2.24) is 4.90 Å². The molecule has 0 N–H and O–H groups in total. The van der Waals surface area contributed by atoms with Crippen LogP contribution in [0.4, 0.5) is 0 Å². The molecule has 0 bridgehead atoms. The fourth-order valence-electron chi connectivity index (χ4n) is 1.98. The highest BCUT2D eigenvalue weighted by atomic mass is 79.9. The lowest BCUT2D eigenvalue weighted by Gasteiger charge is -2.18. The Morgan fingerprint density at radius 1 is 1.29 bits per heavy atom. The van der Waals surface area contributed by atoms with E-state index in [4.69, 9.17) is 16.3 Å². The summed E-state index contributed by atoms with van der Waals surface area (Å²) in [5, 5.41) is 0.663. The number of ether oxygens (including phenoxy) is 1. The van der Waals surface area contributed by atoms with Gasteiger partial charge in [-0.1, -0.05) is 23.7 Å². The summed E-state index contributed by atoms with van der Waals surface area (Å²) in [6, 6.07) is 12.8. The van der Waals surface area contributed by atoms with Crippen LogP contribution in [0, 0.1) is 0 Å². The van der Waals surface area contributed by atoms with Gasteiger partial charge < -0.3 is 9.64 Å². The molecule has 2 rings (SSSR count). The quantitative estimate of drug-likeness (QED) is 0.801. The zero-order valence-electron chi connectivity index (χ0n) is 11.8. The monoisotopic (exact) mass is 367 g/mol. The Labute approximate surface area is 137 Å². The predicted octanol–water partition coefficient (Wildman–Crippen LogP) is 4.38. The molecule has 0 aliphatic heterocycles. The molecule has 0 aliphatic carbocycles. The van der Waals surface area contributed by atoms with Gasteiger partial charge in [-0.2, -0.15) is 0 Å². The van der Waals surface area contributed by atoms with E-state index in [0.29, 0.717) is 22.9 Å². The van der Waals surface area contributed by atoms with Gasteiger partial charge in [0.15, 0.2) is 0 Å². The lowest BCUT2D eigenvalue weighted by atomic mass is 10.1. The van der Waals surface area contributed by atoms with Gasteiger partial charge in [-0.25, -0.2) is 0 Å². The topological polar surface area (TPSA) is 29.5 Å². The summed E-state index contributed by atoms with van der Waals surface area (Å²) < 4.78 is 5.91. The molecular formula is C16H15BrClNO2. The number of methoxy groups -OCH3 is 1. The number of carbonyl (C=O) groups is 1. The second-order valence-electron chi connectivity index (χ2n) is 4.64. The van der Waals surface area contributed by atoms with Gasteiger partial charge in [-0.05, 0) is 51.8 Å². The van der Waals surface area contributed by atoms with Crippen LogP contribution in [0.1, 0.15) is 15.9 Å². The van der Waals surface area contributed by atoms with Crippen LogP contribution in [0.5, 0.6) is 5.75 Å². The highest BCUT2D eigenvalue weighted by molar-refractivity contribution is 9.10. The largest absolute Gasteiger partial charge is 0.497 e. The molecule has 5 heteroatoms. The molecule has 0 saturated heterocycles. The molecule has 3 nitrogen and oxygen atoms in total. The van der Waals surface area contributed by atoms with Crippen LogP contribution in [0.25, 0.3) is 0 Å². The Balaban J connectivity index is 2.19. The minimum atomic E-state index is -0.0826. The fraction of sp³-hybridized carbons (Fsp3) is 0.188. The Morgan fingerprint density at radius 2 is 2.05 bits per heavy atom. The summed E-state index contributed by atoms with van der Waals surface area (Å²) in [7, 11) is 3.34. The zero-order valence-corrected chi connectivity index (χ0v) is 14.1. The van der Waals surface area contributed by atoms with E-state index in [1.165, 1.54) is 0 Å². The number of amides is 1. The van der Waals surface area contributed by atoms with Crippen LogP contribution in [0.2, 0.25) is 5.02 Å². The van der Waals surface area contributed by atoms with E-state index < -0.39 is 0 Å². The maximum Gasteiger partial charge on any atom is 0.255 e. The van der Waals surface area contributed by atoms with Crippen LogP contribution >= 0.6 is 27.5 Å². The molecule has 0 aliphatic rings. The third-order valence-electron chi connectivity index (χ3n) is 3.06. The summed E-state index contributed by atoms with van der Waals surface area (Å²) in [5.74, 6) is 0.568. The van der Waals surface area contributed by atoms with E-state index in [1.807, 2.05) is 24.3 Å². The second kappa shape index (κ2) is 6.96. The molecule has 0 saturated carbocycles. The van der Waals surface area contributed by atoms with Crippen molar-refractivity contribution in [2.45, 2.75) is 6.54 Å². The van der Waals surface area contributed by atoms with Crippen molar-refractivity contribution >= 4 is 33.4 Å². The van der Waals surface area contributed by atoms with Crippen LogP contribution in [-0.4, -0.2) is 25.0 Å². The SMILES string of the molecule is COc1ccc(Br)c(C(=O)N(C)Cc2cccc(Cl)c2)c1. The molecule has 0 heterocycles. The van der Waals surface area contributed by atoms with Gasteiger partial charge in [-0.15, -0.1) is 0 Å². The third-order valence-corrected chi connectivity index (χ3v) is 3.99. The number of hydrogen-bond donors (Lipinski definition) is 0. The molecule has 0 fully saturated rings. The standard InChI is InChI=1S/C16H15BrClNO2/c1-19(10-11-4-3-5-12(18)8-11)16(20)14-9-13(21-2)6-7-15(14)17/h3-9H,10H2,1-2H3. The number of hydrogen-bond acceptors (Lipinski definition) is 2. The van der Waals surface area contributed by atoms with Crippen molar-refractivity contribution in [2.24, 2.45) is 0 Å². The molecule has 21 heavy (non-hydrogen) atoms. The smallest absolute Gasteiger partial charge is 0.255 e. The van der Waals surface area contributed by atoms with Crippen LogP contribution in [0.15, 0.2) is 46.9 Å². The van der Waals surface area contributed by atoms with Gasteiger partial charge in [0.05, 0.1) is 12.7 Å². The Hall–Kier alpha value is -1.52. The van der Waals surface area contributed by atoms with Gasteiger partial charge in [0, 0.05) is 23.1 Å². The predicted molar refractivity (Wildman–Crippen MR) is 87.9 cm³/mol. The molecule has 0 aromatic heterocycles. The van der Waals surface area contributed by atoms with Gasteiger partial charge >= 0.3 is 0 Å². The van der Waals surface area contributed by atoms with Gasteiger partial charge in [-0.3, -0.25) is 4.79 Å². The molecule has 0 unspecified atom stereocenters. The number of nitrogens with zero attached hydrogens (tertiary/aromatic N) is 1. The Kier molecular flexibility index (Phi) is 5.26. The lowest BCUT2D eigenvalue weighted by molar-refractivity contribution is 0.0784. The summed E-state index contributed by atoms with van der Waals surface area (Å²) in [6.07, 6.45) is 0. The highest BCUT2D eigenvalue weighted by Crippen LogP contribution is 2.24. The average molecular weight is 369 g/mol. The van der Waals surface area contributed by atoms with Crippen molar-refractivity contribution in [2.75, 3.05) is 14.2 Å². The van der Waals surface area contributed by atoms with Crippen molar-refractivity contribution in [3.8, 4) is 5.75 Å². The minimum absolute atomic E-state index is 0.0826. The van der Waals surface area contributed by atoms with E-state index in [2.05, 4.69) is 15.9 Å². The van der Waals surface area contributed by atoms with E-state index in [1.54, 1.807) is 37.3 Å². The van der Waals surface area contributed by atoms with Gasteiger partial charge in [0.2, 0.25) is 0 Å². The second-order valence-corrected chi connectivity index (χ2v) is 5.93. The molecule has 0 radical (unpaired) electrons. The van der Waals surface area contributed by atoms with E-state index in [0.717, 1.165) is 10.0 Å². The zero-order chi connectivity index (χ0) is 15.4. The first-order chi connectivity index (χ1) is 10.0. The van der Waals surface area contributed by atoms with Crippen LogP contribution in [0.3, 0.4) is 0 Å². The maximum atomic E-state index is 12.5. The number of benzene rings is 2. The molecular weight excluding hydrogens is 354 g/mol.